The van der Waals surface area contributed by atoms with Crippen LogP contribution in [0.5, 0.6) is 5.75 Å². The SMILES string of the molecule is Cc1c(Cl)cccc1N=C1NC(=O)/C(=C\c2ccc(OCc3ccccc3Cl)c(I)c2)S1. The van der Waals surface area contributed by atoms with Crippen molar-refractivity contribution >= 4 is 80.4 Å². The number of rotatable bonds is 5. The second kappa shape index (κ2) is 10.3. The fourth-order valence-corrected chi connectivity index (χ4v) is 4.84. The maximum atomic E-state index is 12.4. The second-order valence-electron chi connectivity index (χ2n) is 6.94. The van der Waals surface area contributed by atoms with Crippen LogP contribution in [-0.4, -0.2) is 11.1 Å². The first-order chi connectivity index (χ1) is 15.4. The minimum Gasteiger partial charge on any atom is -0.488 e. The van der Waals surface area contributed by atoms with Gasteiger partial charge in [0.25, 0.3) is 5.91 Å². The molecule has 0 aliphatic carbocycles. The number of hydrogen-bond donors (Lipinski definition) is 1. The maximum absolute atomic E-state index is 12.4. The van der Waals surface area contributed by atoms with Gasteiger partial charge in [-0.3, -0.25) is 4.79 Å². The molecule has 1 aliphatic rings. The van der Waals surface area contributed by atoms with E-state index in [4.69, 9.17) is 27.9 Å². The third kappa shape index (κ3) is 5.49. The smallest absolute Gasteiger partial charge is 0.264 e. The van der Waals surface area contributed by atoms with Gasteiger partial charge in [-0.15, -0.1) is 0 Å². The Hall–Kier alpha value is -2.00. The van der Waals surface area contributed by atoms with Crippen molar-refractivity contribution in [2.75, 3.05) is 0 Å². The van der Waals surface area contributed by atoms with E-state index in [0.29, 0.717) is 26.7 Å². The molecule has 8 heteroatoms. The van der Waals surface area contributed by atoms with Crippen molar-refractivity contribution in [2.24, 2.45) is 4.99 Å². The fraction of sp³-hybridized carbons (Fsp3) is 0.0833. The van der Waals surface area contributed by atoms with Gasteiger partial charge in [0.2, 0.25) is 0 Å². The summed E-state index contributed by atoms with van der Waals surface area (Å²) in [6.45, 7) is 2.29. The molecule has 1 heterocycles. The molecule has 32 heavy (non-hydrogen) atoms. The molecule has 3 aromatic carbocycles. The van der Waals surface area contributed by atoms with Crippen LogP contribution in [0.15, 0.2) is 70.6 Å². The largest absolute Gasteiger partial charge is 0.488 e. The lowest BCUT2D eigenvalue weighted by Gasteiger charge is -2.10. The van der Waals surface area contributed by atoms with E-state index in [1.54, 1.807) is 0 Å². The number of benzene rings is 3. The number of aliphatic imine (C=N–C) groups is 1. The second-order valence-corrected chi connectivity index (χ2v) is 9.94. The predicted molar refractivity (Wildman–Crippen MR) is 142 cm³/mol. The van der Waals surface area contributed by atoms with Crippen LogP contribution in [-0.2, 0) is 11.4 Å². The molecule has 4 nitrogen and oxygen atoms in total. The Morgan fingerprint density at radius 2 is 1.88 bits per heavy atom. The van der Waals surface area contributed by atoms with Crippen LogP contribution in [0.25, 0.3) is 6.08 Å². The predicted octanol–water partition coefficient (Wildman–Crippen LogP) is 7.38. The molecule has 1 saturated heterocycles. The number of amidine groups is 1. The zero-order chi connectivity index (χ0) is 22.7. The first-order valence-electron chi connectivity index (χ1n) is 9.61. The summed E-state index contributed by atoms with van der Waals surface area (Å²) in [5.41, 5.74) is 3.43. The third-order valence-corrected chi connectivity index (χ3v) is 7.24. The molecule has 1 amide bonds. The Balaban J connectivity index is 1.48. The van der Waals surface area contributed by atoms with Gasteiger partial charge in [-0.25, -0.2) is 4.99 Å². The van der Waals surface area contributed by atoms with E-state index in [2.05, 4.69) is 32.9 Å². The molecular weight excluding hydrogens is 578 g/mol. The lowest BCUT2D eigenvalue weighted by Crippen LogP contribution is -2.19. The summed E-state index contributed by atoms with van der Waals surface area (Å²) in [6.07, 6.45) is 1.84. The van der Waals surface area contributed by atoms with Crippen LogP contribution in [0, 0.1) is 10.5 Å². The van der Waals surface area contributed by atoms with Gasteiger partial charge in [-0.05, 0) is 88.8 Å². The van der Waals surface area contributed by atoms with E-state index < -0.39 is 0 Å². The number of thioether (sulfide) groups is 1. The topological polar surface area (TPSA) is 50.7 Å². The van der Waals surface area contributed by atoms with Crippen molar-refractivity contribution in [1.29, 1.82) is 0 Å². The molecule has 1 fully saturated rings. The lowest BCUT2D eigenvalue weighted by atomic mass is 10.2. The number of nitrogens with one attached hydrogen (secondary N) is 1. The average Bonchev–Trinajstić information content (AvgIpc) is 3.10. The number of amides is 1. The van der Waals surface area contributed by atoms with Gasteiger partial charge in [0.05, 0.1) is 14.2 Å². The molecule has 0 bridgehead atoms. The Bertz CT molecular complexity index is 1260. The van der Waals surface area contributed by atoms with Crippen molar-refractivity contribution < 1.29 is 9.53 Å². The molecule has 4 rings (SSSR count). The highest BCUT2D eigenvalue weighted by Crippen LogP contribution is 2.32. The number of carbonyl (C=O) groups is 1. The lowest BCUT2D eigenvalue weighted by molar-refractivity contribution is -0.115. The Kier molecular flexibility index (Phi) is 7.45. The van der Waals surface area contributed by atoms with Crippen LogP contribution in [0.4, 0.5) is 5.69 Å². The number of carbonyl (C=O) groups excluding carboxylic acids is 1. The van der Waals surface area contributed by atoms with E-state index in [9.17, 15) is 4.79 Å². The van der Waals surface area contributed by atoms with Crippen molar-refractivity contribution in [3.05, 3.63) is 95.9 Å². The van der Waals surface area contributed by atoms with Gasteiger partial charge in [-0.1, -0.05) is 53.5 Å². The summed E-state index contributed by atoms with van der Waals surface area (Å²) in [5.74, 6) is 0.581. The maximum Gasteiger partial charge on any atom is 0.264 e. The van der Waals surface area contributed by atoms with Crippen LogP contribution >= 0.6 is 57.6 Å². The zero-order valence-corrected chi connectivity index (χ0v) is 21.3. The van der Waals surface area contributed by atoms with Crippen molar-refractivity contribution in [3.8, 4) is 5.75 Å². The zero-order valence-electron chi connectivity index (χ0n) is 16.9. The summed E-state index contributed by atoms with van der Waals surface area (Å²) in [5, 5.41) is 4.66. The van der Waals surface area contributed by atoms with E-state index >= 15 is 0 Å². The van der Waals surface area contributed by atoms with E-state index in [1.807, 2.05) is 73.7 Å². The molecule has 1 aliphatic heterocycles. The van der Waals surface area contributed by atoms with E-state index in [-0.39, 0.29) is 5.91 Å². The highest BCUT2D eigenvalue weighted by atomic mass is 127. The fourth-order valence-electron chi connectivity index (χ4n) is 2.95. The molecule has 1 N–H and O–H groups in total. The normalized spacial score (nSPS) is 15.9. The highest BCUT2D eigenvalue weighted by Gasteiger charge is 2.24. The summed E-state index contributed by atoms with van der Waals surface area (Å²) in [6, 6.07) is 18.9. The third-order valence-electron chi connectivity index (χ3n) is 4.71. The van der Waals surface area contributed by atoms with E-state index in [1.165, 1.54) is 11.8 Å². The van der Waals surface area contributed by atoms with Crippen LogP contribution < -0.4 is 10.1 Å². The minimum absolute atomic E-state index is 0.178. The standard InChI is InChI=1S/C24H17Cl2IN2O2S/c1-14-17(25)7-4-8-20(14)28-24-29-23(30)22(32-24)12-15-9-10-21(19(27)11-15)31-13-16-5-2-3-6-18(16)26/h2-12H,13H2,1H3,(H,28,29,30)/b22-12+. The molecule has 0 atom stereocenters. The molecule has 0 saturated carbocycles. The Morgan fingerprint density at radius 1 is 1.09 bits per heavy atom. The molecule has 0 unspecified atom stereocenters. The van der Waals surface area contributed by atoms with Crippen molar-refractivity contribution in [1.82, 2.24) is 5.32 Å². The number of nitrogens with zero attached hydrogens (tertiary/aromatic N) is 1. The van der Waals surface area contributed by atoms with Gasteiger partial charge in [0.1, 0.15) is 12.4 Å². The van der Waals surface area contributed by atoms with Gasteiger partial charge in [0.15, 0.2) is 5.17 Å². The molecule has 0 radical (unpaired) electrons. The van der Waals surface area contributed by atoms with Gasteiger partial charge in [-0.2, -0.15) is 0 Å². The molecule has 0 spiro atoms. The van der Waals surface area contributed by atoms with Crippen LogP contribution in [0.2, 0.25) is 10.0 Å². The molecule has 3 aromatic rings. The highest BCUT2D eigenvalue weighted by molar-refractivity contribution is 14.1. The summed E-state index contributed by atoms with van der Waals surface area (Å²) in [7, 11) is 0. The first-order valence-corrected chi connectivity index (χ1v) is 12.3. The van der Waals surface area contributed by atoms with Gasteiger partial charge in [0, 0.05) is 15.6 Å². The quantitative estimate of drug-likeness (QED) is 0.248. The molecule has 0 aromatic heterocycles. The van der Waals surface area contributed by atoms with Crippen molar-refractivity contribution in [3.63, 3.8) is 0 Å². The molecule has 162 valence electrons. The van der Waals surface area contributed by atoms with E-state index in [0.717, 1.165) is 31.7 Å². The summed E-state index contributed by atoms with van der Waals surface area (Å²) < 4.78 is 6.87. The number of hydrogen-bond acceptors (Lipinski definition) is 4. The van der Waals surface area contributed by atoms with Crippen molar-refractivity contribution in [2.45, 2.75) is 13.5 Å². The number of halogens is 3. The Labute approximate surface area is 214 Å². The average molecular weight is 595 g/mol. The van der Waals surface area contributed by atoms with Gasteiger partial charge >= 0.3 is 0 Å². The Morgan fingerprint density at radius 3 is 2.66 bits per heavy atom. The minimum atomic E-state index is -0.178. The number of ether oxygens (including phenoxy) is 1. The molecular formula is C24H17Cl2IN2O2S. The summed E-state index contributed by atoms with van der Waals surface area (Å²) in [4.78, 5) is 17.5. The summed E-state index contributed by atoms with van der Waals surface area (Å²) >= 11 is 15.9. The monoisotopic (exact) mass is 594 g/mol. The first kappa shape index (κ1) is 23.2. The van der Waals surface area contributed by atoms with Gasteiger partial charge < -0.3 is 10.1 Å². The van der Waals surface area contributed by atoms with Crippen LogP contribution in [0.3, 0.4) is 0 Å². The van der Waals surface area contributed by atoms with Crippen LogP contribution in [0.1, 0.15) is 16.7 Å².